The molecular weight excluding hydrogens is 304 g/mol. The quantitative estimate of drug-likeness (QED) is 0.847. The summed E-state index contributed by atoms with van der Waals surface area (Å²) in [6, 6.07) is 9.50. The maximum absolute atomic E-state index is 12.0. The molecule has 1 atom stereocenters. The van der Waals surface area contributed by atoms with E-state index in [0.717, 1.165) is 17.7 Å². The number of aryl methyl sites for hydroxylation is 1. The molecule has 1 aromatic carbocycles. The smallest absolute Gasteiger partial charge is 0.242 e. The second-order valence-electron chi connectivity index (χ2n) is 4.95. The van der Waals surface area contributed by atoms with Gasteiger partial charge in [-0.2, -0.15) is 0 Å². The predicted molar refractivity (Wildman–Crippen MR) is 90.3 cm³/mol. The van der Waals surface area contributed by atoms with Crippen molar-refractivity contribution in [3.8, 4) is 0 Å². The highest BCUT2D eigenvalue weighted by molar-refractivity contribution is 7.09. The molecule has 2 N–H and O–H groups in total. The van der Waals surface area contributed by atoms with Crippen molar-refractivity contribution in [3.05, 3.63) is 51.2 Å². The van der Waals surface area contributed by atoms with Crippen molar-refractivity contribution >= 4 is 34.5 Å². The molecule has 1 aromatic heterocycles. The van der Waals surface area contributed by atoms with Gasteiger partial charge in [0.05, 0.1) is 0 Å². The number of benzene rings is 1. The fraction of sp³-hybridized carbons (Fsp3) is 0.312. The van der Waals surface area contributed by atoms with Gasteiger partial charge in [0.1, 0.15) is 6.04 Å². The molecular formula is C16H19ClN2OS. The van der Waals surface area contributed by atoms with Crippen LogP contribution >= 0.6 is 22.9 Å². The second kappa shape index (κ2) is 7.48. The molecule has 0 spiro atoms. The highest BCUT2D eigenvalue weighted by Gasteiger charge is 2.12. The summed E-state index contributed by atoms with van der Waals surface area (Å²) in [6.45, 7) is 4.45. The first-order valence-electron chi connectivity index (χ1n) is 6.89. The molecule has 0 radical (unpaired) electrons. The van der Waals surface area contributed by atoms with E-state index in [-0.39, 0.29) is 11.9 Å². The molecule has 0 fully saturated rings. The van der Waals surface area contributed by atoms with Gasteiger partial charge < -0.3 is 10.6 Å². The number of hydrogen-bond donors (Lipinski definition) is 2. The lowest BCUT2D eigenvalue weighted by atomic mass is 10.2. The third-order valence-electron chi connectivity index (χ3n) is 3.20. The molecule has 0 saturated heterocycles. The molecule has 21 heavy (non-hydrogen) atoms. The third-order valence-corrected chi connectivity index (χ3v) is 4.54. The lowest BCUT2D eigenvalue weighted by molar-refractivity contribution is -0.121. The topological polar surface area (TPSA) is 41.1 Å². The minimum Gasteiger partial charge on any atom is -0.374 e. The maximum atomic E-state index is 12.0. The average Bonchev–Trinajstić information content (AvgIpc) is 2.96. The summed E-state index contributed by atoms with van der Waals surface area (Å²) in [5.74, 6) is -0.0109. The summed E-state index contributed by atoms with van der Waals surface area (Å²) in [7, 11) is 0. The summed E-state index contributed by atoms with van der Waals surface area (Å²) in [6.07, 6.45) is 0.868. The standard InChI is InChI=1S/C16H19ClN2OS/c1-11-5-6-13(10-15(11)17)19-12(2)16(20)18-8-7-14-4-3-9-21-14/h3-6,9-10,12,19H,7-8H2,1-2H3,(H,18,20). The molecule has 0 aliphatic carbocycles. The molecule has 1 unspecified atom stereocenters. The predicted octanol–water partition coefficient (Wildman–Crippen LogP) is 3.87. The number of nitrogens with one attached hydrogen (secondary N) is 2. The van der Waals surface area contributed by atoms with Crippen LogP contribution in [0.2, 0.25) is 5.02 Å². The van der Waals surface area contributed by atoms with Crippen LogP contribution in [0.25, 0.3) is 0 Å². The number of thiophene rings is 1. The Labute approximate surface area is 134 Å². The fourth-order valence-corrected chi connectivity index (χ4v) is 2.80. The normalized spacial score (nSPS) is 12.0. The van der Waals surface area contributed by atoms with Crippen LogP contribution in [-0.2, 0) is 11.2 Å². The van der Waals surface area contributed by atoms with E-state index in [9.17, 15) is 4.79 Å². The Kier molecular flexibility index (Phi) is 5.65. The number of rotatable bonds is 6. The SMILES string of the molecule is Cc1ccc(NC(C)C(=O)NCCc2cccs2)cc1Cl. The van der Waals surface area contributed by atoms with Gasteiger partial charge in [0.15, 0.2) is 0 Å². The molecule has 0 bridgehead atoms. The van der Waals surface area contributed by atoms with Crippen LogP contribution in [0.1, 0.15) is 17.4 Å². The first-order chi connectivity index (χ1) is 10.1. The van der Waals surface area contributed by atoms with Crippen LogP contribution in [0.3, 0.4) is 0 Å². The van der Waals surface area contributed by atoms with E-state index in [1.807, 2.05) is 43.5 Å². The first kappa shape index (κ1) is 15.9. The Morgan fingerprint density at radius 2 is 2.19 bits per heavy atom. The van der Waals surface area contributed by atoms with Gasteiger partial charge in [0.2, 0.25) is 5.91 Å². The van der Waals surface area contributed by atoms with Crippen LogP contribution in [0.15, 0.2) is 35.7 Å². The minimum atomic E-state index is -0.299. The zero-order valence-corrected chi connectivity index (χ0v) is 13.7. The van der Waals surface area contributed by atoms with Gasteiger partial charge in [-0.15, -0.1) is 11.3 Å². The maximum Gasteiger partial charge on any atom is 0.242 e. The number of hydrogen-bond acceptors (Lipinski definition) is 3. The van der Waals surface area contributed by atoms with E-state index < -0.39 is 0 Å². The van der Waals surface area contributed by atoms with Gasteiger partial charge in [-0.1, -0.05) is 23.7 Å². The van der Waals surface area contributed by atoms with Gasteiger partial charge in [-0.05, 0) is 49.4 Å². The summed E-state index contributed by atoms with van der Waals surface area (Å²) in [5.41, 5.74) is 1.88. The third kappa shape index (κ3) is 4.76. The summed E-state index contributed by atoms with van der Waals surface area (Å²) >= 11 is 7.79. The monoisotopic (exact) mass is 322 g/mol. The molecule has 2 rings (SSSR count). The van der Waals surface area contributed by atoms with Crippen LogP contribution in [0.4, 0.5) is 5.69 Å². The number of amides is 1. The van der Waals surface area contributed by atoms with Crippen molar-refractivity contribution in [2.45, 2.75) is 26.3 Å². The Balaban J connectivity index is 1.80. The number of carbonyl (C=O) groups excluding carboxylic acids is 1. The van der Waals surface area contributed by atoms with Gasteiger partial charge in [0.25, 0.3) is 0 Å². The Bertz CT molecular complexity index is 598. The molecule has 5 heteroatoms. The Morgan fingerprint density at radius 1 is 1.38 bits per heavy atom. The average molecular weight is 323 g/mol. The molecule has 1 heterocycles. The van der Waals surface area contributed by atoms with Crippen LogP contribution in [-0.4, -0.2) is 18.5 Å². The number of carbonyl (C=O) groups is 1. The van der Waals surface area contributed by atoms with Crippen molar-refractivity contribution in [2.75, 3.05) is 11.9 Å². The summed E-state index contributed by atoms with van der Waals surface area (Å²) in [5, 5.41) is 8.84. The second-order valence-corrected chi connectivity index (χ2v) is 6.39. The molecule has 112 valence electrons. The minimum absolute atomic E-state index is 0.0109. The number of halogens is 1. The summed E-state index contributed by atoms with van der Waals surface area (Å²) in [4.78, 5) is 13.3. The van der Waals surface area contributed by atoms with Crippen LogP contribution in [0, 0.1) is 6.92 Å². The molecule has 0 aliphatic rings. The zero-order chi connectivity index (χ0) is 15.2. The van der Waals surface area contributed by atoms with Crippen LogP contribution < -0.4 is 10.6 Å². The van der Waals surface area contributed by atoms with Crippen LogP contribution in [0.5, 0.6) is 0 Å². The van der Waals surface area contributed by atoms with Gasteiger partial charge in [-0.3, -0.25) is 4.79 Å². The summed E-state index contributed by atoms with van der Waals surface area (Å²) < 4.78 is 0. The highest BCUT2D eigenvalue weighted by atomic mass is 35.5. The molecule has 0 aliphatic heterocycles. The van der Waals surface area contributed by atoms with Crippen molar-refractivity contribution < 1.29 is 4.79 Å². The molecule has 2 aromatic rings. The van der Waals surface area contributed by atoms with E-state index in [2.05, 4.69) is 16.7 Å². The van der Waals surface area contributed by atoms with Crippen molar-refractivity contribution in [1.29, 1.82) is 0 Å². The molecule has 1 amide bonds. The van der Waals surface area contributed by atoms with Crippen molar-refractivity contribution in [3.63, 3.8) is 0 Å². The molecule has 0 saturated carbocycles. The fourth-order valence-electron chi connectivity index (χ4n) is 1.92. The van der Waals surface area contributed by atoms with E-state index in [4.69, 9.17) is 11.6 Å². The first-order valence-corrected chi connectivity index (χ1v) is 8.15. The lowest BCUT2D eigenvalue weighted by Crippen LogP contribution is -2.38. The highest BCUT2D eigenvalue weighted by Crippen LogP contribution is 2.20. The van der Waals surface area contributed by atoms with E-state index in [1.54, 1.807) is 11.3 Å². The Hall–Kier alpha value is -1.52. The van der Waals surface area contributed by atoms with E-state index in [0.29, 0.717) is 11.6 Å². The van der Waals surface area contributed by atoms with Gasteiger partial charge in [-0.25, -0.2) is 0 Å². The van der Waals surface area contributed by atoms with Gasteiger partial charge in [0, 0.05) is 22.1 Å². The van der Waals surface area contributed by atoms with Gasteiger partial charge >= 0.3 is 0 Å². The number of anilines is 1. The van der Waals surface area contributed by atoms with Crippen molar-refractivity contribution in [1.82, 2.24) is 5.32 Å². The molecule has 3 nitrogen and oxygen atoms in total. The van der Waals surface area contributed by atoms with E-state index in [1.165, 1.54) is 4.88 Å². The van der Waals surface area contributed by atoms with Crippen molar-refractivity contribution in [2.24, 2.45) is 0 Å². The lowest BCUT2D eigenvalue weighted by Gasteiger charge is -2.15. The zero-order valence-electron chi connectivity index (χ0n) is 12.2. The Morgan fingerprint density at radius 3 is 2.86 bits per heavy atom. The van der Waals surface area contributed by atoms with E-state index >= 15 is 0 Å². The largest absolute Gasteiger partial charge is 0.374 e.